The first kappa shape index (κ1) is 18.7. The van der Waals surface area contributed by atoms with Crippen LogP contribution in [-0.2, 0) is 32.3 Å². The van der Waals surface area contributed by atoms with Gasteiger partial charge in [-0.2, -0.15) is 17.2 Å². The van der Waals surface area contributed by atoms with E-state index in [4.69, 9.17) is 6.58 Å². The van der Waals surface area contributed by atoms with Crippen molar-refractivity contribution < 1.29 is 19.5 Å². The molecule has 0 bridgehead atoms. The summed E-state index contributed by atoms with van der Waals surface area (Å²) in [5.74, 6) is 0. The van der Waals surface area contributed by atoms with E-state index >= 15 is 0 Å². The largest absolute Gasteiger partial charge is 2.00 e. The standard InChI is InChI=1S/C10H16N.C5H7.Ru/c1-3-5-9-7-11-8-10(9)6-4-2;1-3-5-4-2;/h7,11H,3-6H2,1-2H3;1,3-5H,2H3;/q2*-1;+2. The zero-order chi connectivity index (χ0) is 12.2. The van der Waals surface area contributed by atoms with E-state index in [1.807, 2.05) is 13.0 Å². The van der Waals surface area contributed by atoms with Gasteiger partial charge in [0.05, 0.1) is 0 Å². The van der Waals surface area contributed by atoms with Crippen LogP contribution in [0.25, 0.3) is 0 Å². The molecule has 0 radical (unpaired) electrons. The summed E-state index contributed by atoms with van der Waals surface area (Å²) in [7, 11) is 0. The third-order valence-corrected chi connectivity index (χ3v) is 2.18. The Labute approximate surface area is 119 Å². The average Bonchev–Trinajstić information content (AvgIpc) is 2.69. The van der Waals surface area contributed by atoms with Crippen LogP contribution in [0.2, 0.25) is 0 Å². The molecule has 0 aromatic carbocycles. The van der Waals surface area contributed by atoms with Crippen molar-refractivity contribution in [2.24, 2.45) is 0 Å². The second-order valence-corrected chi connectivity index (χ2v) is 3.64. The van der Waals surface area contributed by atoms with E-state index in [9.17, 15) is 0 Å². The fourth-order valence-electron chi connectivity index (χ4n) is 1.45. The van der Waals surface area contributed by atoms with Gasteiger partial charge in [0.15, 0.2) is 0 Å². The molecule has 0 aliphatic rings. The minimum atomic E-state index is 0. The summed E-state index contributed by atoms with van der Waals surface area (Å²) in [4.78, 5) is 3.04. The maximum Gasteiger partial charge on any atom is 2.00 e. The molecular weight excluding hydrogens is 295 g/mol. The summed E-state index contributed by atoms with van der Waals surface area (Å²) < 4.78 is 0. The van der Waals surface area contributed by atoms with Gasteiger partial charge >= 0.3 is 19.5 Å². The van der Waals surface area contributed by atoms with Gasteiger partial charge in [-0.15, -0.1) is 12.4 Å². The molecule has 1 rings (SSSR count). The molecule has 0 aliphatic heterocycles. The van der Waals surface area contributed by atoms with E-state index in [0.29, 0.717) is 0 Å². The molecule has 0 amide bonds. The van der Waals surface area contributed by atoms with Gasteiger partial charge in [-0.1, -0.05) is 46.5 Å². The molecule has 0 fully saturated rings. The van der Waals surface area contributed by atoms with Crippen molar-refractivity contribution in [1.29, 1.82) is 0 Å². The zero-order valence-corrected chi connectivity index (χ0v) is 12.8. The summed E-state index contributed by atoms with van der Waals surface area (Å²) in [6, 6.07) is 0. The second kappa shape index (κ2) is 13.4. The number of nitrogens with one attached hydrogen (secondary N) is 1. The van der Waals surface area contributed by atoms with Crippen molar-refractivity contribution >= 4 is 0 Å². The van der Waals surface area contributed by atoms with Gasteiger partial charge in [0, 0.05) is 0 Å². The molecule has 1 aromatic rings. The van der Waals surface area contributed by atoms with E-state index in [-0.39, 0.29) is 19.5 Å². The molecule has 0 unspecified atom stereocenters. The van der Waals surface area contributed by atoms with Gasteiger partial charge in [0.25, 0.3) is 0 Å². The third kappa shape index (κ3) is 9.12. The van der Waals surface area contributed by atoms with Gasteiger partial charge in [-0.25, -0.2) is 12.2 Å². The quantitative estimate of drug-likeness (QED) is 0.474. The molecule has 2 heteroatoms. The van der Waals surface area contributed by atoms with Crippen LogP contribution >= 0.6 is 0 Å². The van der Waals surface area contributed by atoms with Crippen molar-refractivity contribution in [3.8, 4) is 0 Å². The summed E-state index contributed by atoms with van der Waals surface area (Å²) in [5.41, 5.74) is 2.84. The summed E-state index contributed by atoms with van der Waals surface area (Å²) in [6.07, 6.45) is 15.2. The zero-order valence-electron chi connectivity index (χ0n) is 11.1. The molecule has 0 spiro atoms. The molecule has 0 saturated heterocycles. The predicted molar refractivity (Wildman–Crippen MR) is 71.3 cm³/mol. The molecular formula is C15H23NRu. The maximum absolute atomic E-state index is 4.93. The normalized spacial score (nSPS) is 9.35. The SMILES string of the molecule is CCCc1[c-][nH]cc1CCC.[CH-]=CC=CC.[Ru+2]. The van der Waals surface area contributed by atoms with Crippen LogP contribution in [0.15, 0.2) is 24.4 Å². The van der Waals surface area contributed by atoms with Gasteiger partial charge < -0.3 is 4.98 Å². The number of aromatic amines is 1. The van der Waals surface area contributed by atoms with Gasteiger partial charge in [-0.05, 0) is 0 Å². The number of H-pyrrole nitrogens is 1. The Hall–Kier alpha value is -0.617. The molecule has 1 aromatic heterocycles. The predicted octanol–water partition coefficient (Wildman–Crippen LogP) is 4.27. The van der Waals surface area contributed by atoms with Crippen LogP contribution in [0.1, 0.15) is 44.7 Å². The number of aryl methyl sites for hydroxylation is 2. The van der Waals surface area contributed by atoms with Crippen LogP contribution < -0.4 is 0 Å². The number of allylic oxidation sites excluding steroid dienone is 3. The topological polar surface area (TPSA) is 15.8 Å². The Balaban J connectivity index is 0. The van der Waals surface area contributed by atoms with E-state index < -0.39 is 0 Å². The monoisotopic (exact) mass is 319 g/mol. The molecule has 0 saturated carbocycles. The molecule has 0 aliphatic carbocycles. The fourth-order valence-corrected chi connectivity index (χ4v) is 1.45. The minimum Gasteiger partial charge on any atom is -0.484 e. The first-order valence-corrected chi connectivity index (χ1v) is 6.03. The number of hydrogen-bond donors (Lipinski definition) is 1. The fraction of sp³-hybridized carbons (Fsp3) is 0.467. The first-order chi connectivity index (χ1) is 7.79. The van der Waals surface area contributed by atoms with Crippen molar-refractivity contribution in [1.82, 2.24) is 4.98 Å². The van der Waals surface area contributed by atoms with E-state index in [1.54, 1.807) is 6.08 Å². The average molecular weight is 318 g/mol. The summed E-state index contributed by atoms with van der Waals surface area (Å²) in [6.45, 7) is 11.3. The molecule has 17 heavy (non-hydrogen) atoms. The first-order valence-electron chi connectivity index (χ1n) is 6.03. The van der Waals surface area contributed by atoms with E-state index in [2.05, 4.69) is 31.2 Å². The van der Waals surface area contributed by atoms with Crippen LogP contribution in [0.5, 0.6) is 0 Å². The minimum absolute atomic E-state index is 0. The van der Waals surface area contributed by atoms with Gasteiger partial charge in [0.1, 0.15) is 0 Å². The molecule has 96 valence electrons. The third-order valence-electron chi connectivity index (χ3n) is 2.18. The summed E-state index contributed by atoms with van der Waals surface area (Å²) in [5, 5.41) is 0. The Kier molecular flexibility index (Phi) is 14.8. The molecule has 1 heterocycles. The van der Waals surface area contributed by atoms with Gasteiger partial charge in [-0.3, -0.25) is 6.58 Å². The molecule has 0 atom stereocenters. The van der Waals surface area contributed by atoms with Crippen LogP contribution in [-0.4, -0.2) is 4.98 Å². The number of aromatic nitrogens is 1. The Bertz CT molecular complexity index is 279. The van der Waals surface area contributed by atoms with Crippen LogP contribution in [0.4, 0.5) is 0 Å². The van der Waals surface area contributed by atoms with Crippen molar-refractivity contribution in [3.63, 3.8) is 0 Å². The Morgan fingerprint density at radius 2 is 1.94 bits per heavy atom. The van der Waals surface area contributed by atoms with Crippen molar-refractivity contribution in [2.75, 3.05) is 0 Å². The van der Waals surface area contributed by atoms with Crippen LogP contribution in [0, 0.1) is 12.8 Å². The van der Waals surface area contributed by atoms with Gasteiger partial charge in [0.2, 0.25) is 0 Å². The van der Waals surface area contributed by atoms with Crippen molar-refractivity contribution in [2.45, 2.75) is 46.5 Å². The van der Waals surface area contributed by atoms with Crippen LogP contribution in [0.3, 0.4) is 0 Å². The summed E-state index contributed by atoms with van der Waals surface area (Å²) >= 11 is 0. The molecule has 1 N–H and O–H groups in total. The maximum atomic E-state index is 4.93. The Morgan fingerprint density at radius 1 is 1.29 bits per heavy atom. The Morgan fingerprint density at radius 3 is 2.35 bits per heavy atom. The van der Waals surface area contributed by atoms with E-state index in [1.165, 1.54) is 42.9 Å². The number of rotatable bonds is 5. The van der Waals surface area contributed by atoms with Crippen molar-refractivity contribution in [3.05, 3.63) is 48.3 Å². The molecule has 1 nitrogen and oxygen atoms in total. The van der Waals surface area contributed by atoms with E-state index in [0.717, 1.165) is 0 Å². The number of hydrogen-bond acceptors (Lipinski definition) is 0. The smallest absolute Gasteiger partial charge is 0.484 e. The second-order valence-electron chi connectivity index (χ2n) is 3.64.